The third kappa shape index (κ3) is 7.98. The highest BCUT2D eigenvalue weighted by molar-refractivity contribution is 7.92. The molecule has 0 unspecified atom stereocenters. The lowest BCUT2D eigenvalue weighted by atomic mass is 10.0. The molecule has 4 aromatic carbocycles. The molecule has 0 aliphatic rings. The molecule has 0 bridgehead atoms. The van der Waals surface area contributed by atoms with Gasteiger partial charge in [-0.05, 0) is 55.3 Å². The summed E-state index contributed by atoms with van der Waals surface area (Å²) in [6.45, 7) is 3.67. The molecule has 0 heterocycles. The second-order valence-corrected chi connectivity index (χ2v) is 12.5. The third-order valence-electron chi connectivity index (χ3n) is 7.13. The maximum atomic E-state index is 14.4. The number of anilines is 1. The first kappa shape index (κ1) is 32.6. The first-order valence-electron chi connectivity index (χ1n) is 14.2. The Morgan fingerprint density at radius 1 is 0.886 bits per heavy atom. The zero-order valence-electron chi connectivity index (χ0n) is 24.9. The van der Waals surface area contributed by atoms with Crippen molar-refractivity contribution in [3.8, 4) is 5.75 Å². The van der Waals surface area contributed by atoms with Gasteiger partial charge in [-0.2, -0.15) is 0 Å². The van der Waals surface area contributed by atoms with Crippen LogP contribution in [0.2, 0.25) is 5.02 Å². The molecule has 4 rings (SSSR count). The van der Waals surface area contributed by atoms with Gasteiger partial charge in [0.15, 0.2) is 0 Å². The molecular formula is C34H36ClN3O5S. The van der Waals surface area contributed by atoms with Crippen LogP contribution in [0.4, 0.5) is 5.69 Å². The van der Waals surface area contributed by atoms with Crippen molar-refractivity contribution in [3.63, 3.8) is 0 Å². The molecule has 0 radical (unpaired) electrons. The monoisotopic (exact) mass is 633 g/mol. The average Bonchev–Trinajstić information content (AvgIpc) is 3.03. The molecule has 8 nitrogen and oxygen atoms in total. The number of carbonyl (C=O) groups is 2. The number of halogens is 1. The Labute approximate surface area is 264 Å². The fraction of sp³-hybridized carbons (Fsp3) is 0.235. The zero-order chi connectivity index (χ0) is 31.7. The van der Waals surface area contributed by atoms with Crippen molar-refractivity contribution in [2.24, 2.45) is 0 Å². The maximum absolute atomic E-state index is 14.4. The van der Waals surface area contributed by atoms with Gasteiger partial charge in [-0.1, -0.05) is 90.0 Å². The molecule has 0 saturated carbocycles. The summed E-state index contributed by atoms with van der Waals surface area (Å²) in [7, 11) is -2.77. The second-order valence-electron chi connectivity index (χ2n) is 10.3. The van der Waals surface area contributed by atoms with Crippen LogP contribution in [0, 0.1) is 6.92 Å². The van der Waals surface area contributed by atoms with Gasteiger partial charge in [-0.15, -0.1) is 0 Å². The number of likely N-dealkylation sites (N-methyl/N-ethyl adjacent to an activating group) is 1. The van der Waals surface area contributed by atoms with E-state index in [9.17, 15) is 18.0 Å². The van der Waals surface area contributed by atoms with Crippen molar-refractivity contribution in [2.45, 2.75) is 37.8 Å². The molecule has 0 aromatic heterocycles. The standard InChI is InChI=1S/C34H36ClN3O5S/c1-4-36-34(40)31(21-26-11-7-5-8-12-26)37(23-27-17-15-25(2)16-18-27)33(39)24-38(28-19-20-32(43-3)30(35)22-28)44(41,42)29-13-9-6-10-14-29/h5-20,22,31H,4,21,23-24H2,1-3H3,(H,36,40)/t31-/m1/s1. The fourth-order valence-electron chi connectivity index (χ4n) is 4.80. The highest BCUT2D eigenvalue weighted by Crippen LogP contribution is 2.32. The lowest BCUT2D eigenvalue weighted by molar-refractivity contribution is -0.140. The Kier molecular flexibility index (Phi) is 11.0. The Hall–Kier alpha value is -4.34. The molecule has 0 fully saturated rings. The molecule has 0 aliphatic heterocycles. The summed E-state index contributed by atoms with van der Waals surface area (Å²) in [5.41, 5.74) is 2.89. The van der Waals surface area contributed by atoms with Crippen molar-refractivity contribution in [1.29, 1.82) is 0 Å². The summed E-state index contributed by atoms with van der Waals surface area (Å²) in [4.78, 5) is 29.4. The molecular weight excluding hydrogens is 598 g/mol. The Balaban J connectivity index is 1.80. The van der Waals surface area contributed by atoms with E-state index in [0.717, 1.165) is 21.0 Å². The largest absolute Gasteiger partial charge is 0.495 e. The molecule has 44 heavy (non-hydrogen) atoms. The van der Waals surface area contributed by atoms with Gasteiger partial charge in [0.2, 0.25) is 11.8 Å². The smallest absolute Gasteiger partial charge is 0.264 e. The number of hydrogen-bond acceptors (Lipinski definition) is 5. The minimum atomic E-state index is -4.23. The number of amides is 2. The Bertz CT molecular complexity index is 1670. The van der Waals surface area contributed by atoms with Crippen LogP contribution in [0.25, 0.3) is 0 Å². The quantitative estimate of drug-likeness (QED) is 0.206. The van der Waals surface area contributed by atoms with E-state index in [1.807, 2.05) is 68.4 Å². The minimum Gasteiger partial charge on any atom is -0.495 e. The average molecular weight is 634 g/mol. The maximum Gasteiger partial charge on any atom is 0.264 e. The number of aryl methyl sites for hydroxylation is 1. The van der Waals surface area contributed by atoms with Gasteiger partial charge >= 0.3 is 0 Å². The van der Waals surface area contributed by atoms with E-state index in [1.165, 1.54) is 36.3 Å². The Morgan fingerprint density at radius 2 is 1.52 bits per heavy atom. The van der Waals surface area contributed by atoms with Gasteiger partial charge in [0.25, 0.3) is 10.0 Å². The molecule has 0 saturated heterocycles. The molecule has 10 heteroatoms. The van der Waals surface area contributed by atoms with Crippen LogP contribution in [0.5, 0.6) is 5.75 Å². The number of nitrogens with zero attached hydrogens (tertiary/aromatic N) is 2. The van der Waals surface area contributed by atoms with Gasteiger partial charge in [-0.3, -0.25) is 13.9 Å². The molecule has 2 amide bonds. The SMILES string of the molecule is CCNC(=O)[C@@H](Cc1ccccc1)N(Cc1ccc(C)cc1)C(=O)CN(c1ccc(OC)c(Cl)c1)S(=O)(=O)c1ccccc1. The van der Waals surface area contributed by atoms with Gasteiger partial charge in [0, 0.05) is 19.5 Å². The molecule has 0 aliphatic carbocycles. The van der Waals surface area contributed by atoms with Crippen LogP contribution in [-0.2, 0) is 32.6 Å². The normalized spacial score (nSPS) is 11.8. The summed E-state index contributed by atoms with van der Waals surface area (Å²) < 4.78 is 34.4. The third-order valence-corrected chi connectivity index (χ3v) is 9.21. The van der Waals surface area contributed by atoms with Crippen LogP contribution in [0.15, 0.2) is 108 Å². The van der Waals surface area contributed by atoms with E-state index in [0.29, 0.717) is 12.3 Å². The highest BCUT2D eigenvalue weighted by Gasteiger charge is 2.34. The molecule has 1 N–H and O–H groups in total. The number of benzene rings is 4. The van der Waals surface area contributed by atoms with Gasteiger partial charge in [-0.25, -0.2) is 8.42 Å². The van der Waals surface area contributed by atoms with Crippen molar-refractivity contribution < 1.29 is 22.7 Å². The number of rotatable bonds is 13. The van der Waals surface area contributed by atoms with Crippen LogP contribution < -0.4 is 14.4 Å². The van der Waals surface area contributed by atoms with Crippen LogP contribution in [0.1, 0.15) is 23.6 Å². The van der Waals surface area contributed by atoms with Gasteiger partial charge in [0.05, 0.1) is 22.7 Å². The van der Waals surface area contributed by atoms with Crippen molar-refractivity contribution in [3.05, 3.63) is 125 Å². The predicted octanol–water partition coefficient (Wildman–Crippen LogP) is 5.63. The number of sulfonamides is 1. The molecule has 1 atom stereocenters. The number of methoxy groups -OCH3 is 1. The van der Waals surface area contributed by atoms with Crippen LogP contribution in [0.3, 0.4) is 0 Å². The number of carbonyl (C=O) groups excluding carboxylic acids is 2. The molecule has 4 aromatic rings. The van der Waals surface area contributed by atoms with E-state index in [1.54, 1.807) is 24.3 Å². The van der Waals surface area contributed by atoms with Gasteiger partial charge in [0.1, 0.15) is 18.3 Å². The Morgan fingerprint density at radius 3 is 2.11 bits per heavy atom. The zero-order valence-corrected chi connectivity index (χ0v) is 26.5. The van der Waals surface area contributed by atoms with E-state index in [-0.39, 0.29) is 34.5 Å². The van der Waals surface area contributed by atoms with E-state index >= 15 is 0 Å². The first-order valence-corrected chi connectivity index (χ1v) is 16.0. The molecule has 0 spiro atoms. The second kappa shape index (κ2) is 14.9. The molecule has 230 valence electrons. The predicted molar refractivity (Wildman–Crippen MR) is 173 cm³/mol. The van der Waals surface area contributed by atoms with Crippen molar-refractivity contribution >= 4 is 39.1 Å². The van der Waals surface area contributed by atoms with Crippen LogP contribution in [-0.4, -0.2) is 51.4 Å². The summed E-state index contributed by atoms with van der Waals surface area (Å²) in [5, 5.41) is 3.05. The summed E-state index contributed by atoms with van der Waals surface area (Å²) in [6.07, 6.45) is 0.240. The highest BCUT2D eigenvalue weighted by atomic mass is 35.5. The fourth-order valence-corrected chi connectivity index (χ4v) is 6.47. The lowest BCUT2D eigenvalue weighted by Gasteiger charge is -2.34. The lowest BCUT2D eigenvalue weighted by Crippen LogP contribution is -2.53. The number of nitrogens with one attached hydrogen (secondary N) is 1. The number of ether oxygens (including phenoxy) is 1. The van der Waals surface area contributed by atoms with Crippen molar-refractivity contribution in [1.82, 2.24) is 10.2 Å². The van der Waals surface area contributed by atoms with Crippen molar-refractivity contribution in [2.75, 3.05) is 24.5 Å². The van der Waals surface area contributed by atoms with E-state index < -0.39 is 28.5 Å². The summed E-state index contributed by atoms with van der Waals surface area (Å²) in [6, 6.07) is 28.6. The van der Waals surface area contributed by atoms with E-state index in [2.05, 4.69) is 5.32 Å². The topological polar surface area (TPSA) is 96.0 Å². The minimum absolute atomic E-state index is 0.00869. The van der Waals surface area contributed by atoms with Crippen LogP contribution >= 0.6 is 11.6 Å². The van der Waals surface area contributed by atoms with Gasteiger partial charge < -0.3 is 15.0 Å². The summed E-state index contributed by atoms with van der Waals surface area (Å²) in [5.74, 6) is -0.523. The number of hydrogen-bond donors (Lipinski definition) is 1. The van der Waals surface area contributed by atoms with E-state index in [4.69, 9.17) is 16.3 Å². The first-order chi connectivity index (χ1) is 21.1. The summed E-state index contributed by atoms with van der Waals surface area (Å²) >= 11 is 6.41.